The van der Waals surface area contributed by atoms with Crippen LogP contribution >= 0.6 is 15.9 Å². The Morgan fingerprint density at radius 1 is 0.963 bits per heavy atom. The van der Waals surface area contributed by atoms with Crippen LogP contribution < -0.4 is 15.1 Å². The van der Waals surface area contributed by atoms with Gasteiger partial charge in [0.15, 0.2) is 0 Å². The average molecular weight is 808 g/mol. The molecule has 2 saturated heterocycles. The predicted molar refractivity (Wildman–Crippen MR) is 208 cm³/mol. The van der Waals surface area contributed by atoms with E-state index in [0.29, 0.717) is 41.4 Å². The maximum Gasteiger partial charge on any atom is 0.313 e. The van der Waals surface area contributed by atoms with Gasteiger partial charge in [0.05, 0.1) is 18.6 Å². The number of nitrogens with zero attached hydrogens (tertiary/aromatic N) is 3. The third-order valence-electron chi connectivity index (χ3n) is 11.0. The Labute approximate surface area is 325 Å². The third kappa shape index (κ3) is 7.73. The number of rotatable bonds is 12. The molecule has 2 aromatic rings. The van der Waals surface area contributed by atoms with E-state index in [1.54, 1.807) is 15.9 Å². The van der Waals surface area contributed by atoms with E-state index in [1.807, 2.05) is 66.7 Å². The number of allylic oxidation sites excluding steroid dienone is 1. The normalized spacial score (nSPS) is 29.2. The molecule has 13 heteroatoms. The van der Waals surface area contributed by atoms with Crippen LogP contribution in [-0.4, -0.2) is 104 Å². The van der Waals surface area contributed by atoms with Crippen LogP contribution in [0.1, 0.15) is 57.6 Å². The zero-order valence-electron chi connectivity index (χ0n) is 31.2. The molecule has 290 valence electrons. The molecule has 0 aliphatic carbocycles. The van der Waals surface area contributed by atoms with Gasteiger partial charge in [0.25, 0.3) is 5.91 Å². The van der Waals surface area contributed by atoms with Crippen molar-refractivity contribution in [1.82, 2.24) is 10.2 Å². The number of anilines is 2. The predicted octanol–water partition coefficient (Wildman–Crippen LogP) is 4.67. The zero-order chi connectivity index (χ0) is 38.4. The van der Waals surface area contributed by atoms with Crippen LogP contribution in [0.25, 0.3) is 0 Å². The molecule has 3 amide bonds. The fraction of sp³-hybridized carbons (Fsp3) is 0.512. The molecular weight excluding hydrogens is 756 g/mol. The number of cyclic esters (lactones) is 1. The molecule has 12 nitrogen and oxygen atoms in total. The number of hydrogen-bond donors (Lipinski definition) is 2. The molecule has 6 rings (SSSR count). The first-order chi connectivity index (χ1) is 26.2. The number of carbonyl (C=O) groups is 4. The van der Waals surface area contributed by atoms with Crippen LogP contribution in [-0.2, 0) is 33.4 Å². The van der Waals surface area contributed by atoms with Crippen LogP contribution in [0.4, 0.5) is 11.4 Å². The van der Waals surface area contributed by atoms with Crippen LogP contribution in [0.3, 0.4) is 0 Å². The number of hydrogen-bond acceptors (Lipinski definition) is 9. The number of aliphatic hydroxyl groups excluding tert-OH is 1. The molecule has 4 aliphatic heterocycles. The Balaban J connectivity index is 1.45. The van der Waals surface area contributed by atoms with Crippen molar-refractivity contribution in [1.29, 1.82) is 0 Å². The van der Waals surface area contributed by atoms with Gasteiger partial charge in [-0.3, -0.25) is 19.2 Å². The standard InChI is InChI=1S/C41H51BrN4O8/c1-4-44(5-2)28-18-20-29(21-19-28)45-22-12-7-11-17-32(48)43-31(26-52-3)35(27-15-9-6-10-16-27)53-40(51)33-34-38(49)46(23-13-8-14-24-47)37(39(45)50)41(34)25-30(42)36(33)54-41/h6-7,9-10,12,15-16,18-21,25,31,33-37,47H,4-5,8,11,13-14,17,22-24,26H2,1-3H3,(H,43,48)/b12-7-/t31-,33+,34-,35-,36+,37+,41-/m0/s1. The molecule has 5 bridgehead atoms. The lowest BCUT2D eigenvalue weighted by atomic mass is 9.74. The highest BCUT2D eigenvalue weighted by Gasteiger charge is 2.75. The number of halogens is 1. The molecule has 0 radical (unpaired) electrons. The maximum absolute atomic E-state index is 15.2. The second-order valence-electron chi connectivity index (χ2n) is 14.2. The maximum atomic E-state index is 15.2. The van der Waals surface area contributed by atoms with Gasteiger partial charge >= 0.3 is 5.97 Å². The molecule has 2 aromatic carbocycles. The van der Waals surface area contributed by atoms with Crippen molar-refractivity contribution >= 4 is 51.0 Å². The number of esters is 1. The van der Waals surface area contributed by atoms with E-state index in [2.05, 4.69) is 40.0 Å². The second kappa shape index (κ2) is 17.6. The lowest BCUT2D eigenvalue weighted by molar-refractivity contribution is -0.162. The van der Waals surface area contributed by atoms with Crippen molar-refractivity contribution in [3.63, 3.8) is 0 Å². The van der Waals surface area contributed by atoms with Crippen molar-refractivity contribution in [2.75, 3.05) is 56.3 Å². The summed E-state index contributed by atoms with van der Waals surface area (Å²) in [5, 5.41) is 12.5. The zero-order valence-corrected chi connectivity index (χ0v) is 32.8. The molecular formula is C41H51BrN4O8. The van der Waals surface area contributed by atoms with E-state index < -0.39 is 47.7 Å². The summed E-state index contributed by atoms with van der Waals surface area (Å²) in [7, 11) is 1.52. The van der Waals surface area contributed by atoms with Crippen molar-refractivity contribution < 1.29 is 38.5 Å². The lowest BCUT2D eigenvalue weighted by Crippen LogP contribution is -2.56. The number of benzene rings is 2. The summed E-state index contributed by atoms with van der Waals surface area (Å²) in [6.07, 6.45) is 6.07. The van der Waals surface area contributed by atoms with Crippen LogP contribution in [0.5, 0.6) is 0 Å². The number of carbonyl (C=O) groups excluding carboxylic acids is 4. The SMILES string of the molecule is CCN(CC)c1ccc(N2C/C=C\CCC(=O)N[C@@H](COC)[C@H](c3ccccc3)OC(=O)[C@H]3[C@@H]4O[C@@]5(C=C4Br)[C@@H]3C(=O)N(CCCCCO)[C@@H]5C2=O)cc1. The number of fused-ring (bicyclic) bond motifs is 2. The number of unbranched alkanes of at least 4 members (excludes halogenated alkanes) is 2. The summed E-state index contributed by atoms with van der Waals surface area (Å²) in [5.74, 6) is -3.72. The van der Waals surface area contributed by atoms with Gasteiger partial charge in [-0.25, -0.2) is 0 Å². The molecule has 4 heterocycles. The summed E-state index contributed by atoms with van der Waals surface area (Å²) in [4.78, 5) is 63.3. The Kier molecular flexibility index (Phi) is 12.9. The molecule has 54 heavy (non-hydrogen) atoms. The highest BCUT2D eigenvalue weighted by atomic mass is 79.9. The molecule has 2 N–H and O–H groups in total. The quantitative estimate of drug-likeness (QED) is 0.178. The monoisotopic (exact) mass is 806 g/mol. The number of amides is 3. The molecule has 0 saturated carbocycles. The van der Waals surface area contributed by atoms with Gasteiger partial charge in [0, 0.05) is 62.2 Å². The smallest absolute Gasteiger partial charge is 0.313 e. The summed E-state index contributed by atoms with van der Waals surface area (Å²) in [5.41, 5.74) is 0.870. The number of likely N-dealkylation sites (tertiary alicyclic amines) is 1. The Bertz CT molecular complexity index is 1720. The minimum absolute atomic E-state index is 0.0218. The highest BCUT2D eigenvalue weighted by molar-refractivity contribution is 9.11. The van der Waals surface area contributed by atoms with Crippen molar-refractivity contribution in [3.8, 4) is 0 Å². The Hall–Kier alpha value is -4.04. The Morgan fingerprint density at radius 2 is 1.70 bits per heavy atom. The van der Waals surface area contributed by atoms with Crippen molar-refractivity contribution in [2.45, 2.75) is 75.8 Å². The first-order valence-electron chi connectivity index (χ1n) is 19.0. The number of aliphatic hydroxyl groups is 1. The molecule has 0 aromatic heterocycles. The first kappa shape index (κ1) is 39.6. The summed E-state index contributed by atoms with van der Waals surface area (Å²) in [6, 6.07) is 15.1. The van der Waals surface area contributed by atoms with Gasteiger partial charge in [-0.05, 0) is 75.4 Å². The fourth-order valence-electron chi connectivity index (χ4n) is 8.38. The number of nitrogens with one attached hydrogen (secondary N) is 1. The van der Waals surface area contributed by atoms with Gasteiger partial charge in [0.2, 0.25) is 11.8 Å². The van der Waals surface area contributed by atoms with Crippen molar-refractivity contribution in [3.05, 3.63) is 82.9 Å². The summed E-state index contributed by atoms with van der Waals surface area (Å²) >= 11 is 3.64. The van der Waals surface area contributed by atoms with Gasteiger partial charge in [-0.15, -0.1) is 0 Å². The van der Waals surface area contributed by atoms with E-state index in [4.69, 9.17) is 14.2 Å². The van der Waals surface area contributed by atoms with E-state index in [0.717, 1.165) is 18.8 Å². The summed E-state index contributed by atoms with van der Waals surface area (Å²) in [6.45, 7) is 6.34. The topological polar surface area (TPSA) is 138 Å². The van der Waals surface area contributed by atoms with Gasteiger partial charge in [-0.1, -0.05) is 58.4 Å². The van der Waals surface area contributed by atoms with Crippen LogP contribution in [0.15, 0.2) is 77.3 Å². The molecule has 7 atom stereocenters. The van der Waals surface area contributed by atoms with Crippen LogP contribution in [0.2, 0.25) is 0 Å². The van der Waals surface area contributed by atoms with Gasteiger partial charge < -0.3 is 39.3 Å². The van der Waals surface area contributed by atoms with E-state index in [9.17, 15) is 19.5 Å². The largest absolute Gasteiger partial charge is 0.455 e. The third-order valence-corrected chi connectivity index (χ3v) is 11.6. The van der Waals surface area contributed by atoms with Crippen molar-refractivity contribution in [2.24, 2.45) is 11.8 Å². The van der Waals surface area contributed by atoms with E-state index >= 15 is 4.79 Å². The van der Waals surface area contributed by atoms with Gasteiger partial charge in [-0.2, -0.15) is 0 Å². The number of methoxy groups -OCH3 is 1. The first-order valence-corrected chi connectivity index (χ1v) is 19.8. The molecule has 0 unspecified atom stereocenters. The average Bonchev–Trinajstić information content (AvgIpc) is 3.77. The van der Waals surface area contributed by atoms with Crippen LogP contribution in [0, 0.1) is 11.8 Å². The minimum Gasteiger partial charge on any atom is -0.455 e. The lowest BCUT2D eigenvalue weighted by Gasteiger charge is -2.36. The minimum atomic E-state index is -1.45. The molecule has 2 fully saturated rings. The fourth-order valence-corrected chi connectivity index (χ4v) is 9.12. The Morgan fingerprint density at radius 3 is 2.39 bits per heavy atom. The summed E-state index contributed by atoms with van der Waals surface area (Å²) < 4.78 is 19.2. The molecule has 4 aliphatic rings. The highest BCUT2D eigenvalue weighted by Crippen LogP contribution is 2.59. The second-order valence-corrected chi connectivity index (χ2v) is 15.1. The van der Waals surface area contributed by atoms with E-state index in [-0.39, 0.29) is 50.4 Å². The number of ether oxygens (including phenoxy) is 3. The van der Waals surface area contributed by atoms with Gasteiger partial charge in [0.1, 0.15) is 29.8 Å². The van der Waals surface area contributed by atoms with E-state index in [1.165, 1.54) is 7.11 Å². The molecule has 1 spiro atoms.